The first-order chi connectivity index (χ1) is 28.0. The molecule has 0 aliphatic rings. The largest absolute Gasteiger partial charge is 0.508 e. The van der Waals surface area contributed by atoms with Crippen LogP contribution in [-0.4, -0.2) is 35.0 Å². The molecule has 0 unspecified atom stereocenters. The van der Waals surface area contributed by atoms with Crippen LogP contribution in [0.4, 0.5) is 0 Å². The molecule has 276 valence electrons. The average molecular weight is 745 g/mol. The van der Waals surface area contributed by atoms with E-state index in [-0.39, 0.29) is 5.75 Å². The van der Waals surface area contributed by atoms with Crippen LogP contribution in [0.3, 0.4) is 0 Å². The SMILES string of the molecule is Cc1cccc(-c2cccc(COCc3cccc(-c4cccc(COc5ccc(-c6ccc7ccc8ccc(-c9ccc(O)cc9)nc8c7n6)cc5)n4)n3)n2)n1. The third kappa shape index (κ3) is 8.05. The van der Waals surface area contributed by atoms with Gasteiger partial charge in [0.25, 0.3) is 0 Å². The van der Waals surface area contributed by atoms with Crippen molar-refractivity contribution >= 4 is 21.8 Å². The Balaban J connectivity index is 0.845. The van der Waals surface area contributed by atoms with Crippen molar-refractivity contribution in [3.05, 3.63) is 181 Å². The van der Waals surface area contributed by atoms with Crippen LogP contribution in [0.25, 0.3) is 67.1 Å². The Bertz CT molecular complexity index is 2860. The number of hydrogen-bond acceptors (Lipinski definition) is 9. The molecule has 9 heteroatoms. The topological polar surface area (TPSA) is 116 Å². The number of pyridine rings is 6. The van der Waals surface area contributed by atoms with Gasteiger partial charge in [-0.25, -0.2) is 24.9 Å². The molecule has 0 aliphatic heterocycles. The summed E-state index contributed by atoms with van der Waals surface area (Å²) in [6.45, 7) is 2.97. The maximum Gasteiger partial charge on any atom is 0.130 e. The third-order valence-electron chi connectivity index (χ3n) is 9.55. The first-order valence-electron chi connectivity index (χ1n) is 18.6. The van der Waals surface area contributed by atoms with Gasteiger partial charge >= 0.3 is 0 Å². The van der Waals surface area contributed by atoms with Crippen LogP contribution in [0, 0.1) is 6.92 Å². The Labute approximate surface area is 329 Å². The van der Waals surface area contributed by atoms with E-state index in [0.717, 1.165) is 95.6 Å². The van der Waals surface area contributed by atoms with E-state index in [1.807, 2.05) is 128 Å². The second-order valence-electron chi connectivity index (χ2n) is 13.7. The smallest absolute Gasteiger partial charge is 0.130 e. The van der Waals surface area contributed by atoms with Crippen molar-refractivity contribution in [3.8, 4) is 56.8 Å². The van der Waals surface area contributed by atoms with Crippen molar-refractivity contribution in [1.29, 1.82) is 0 Å². The number of aromatic hydroxyl groups is 1. The molecule has 0 radical (unpaired) electrons. The Hall–Kier alpha value is -7.36. The molecule has 9 nitrogen and oxygen atoms in total. The van der Waals surface area contributed by atoms with Crippen molar-refractivity contribution in [1.82, 2.24) is 29.9 Å². The van der Waals surface area contributed by atoms with Gasteiger partial charge in [-0.15, -0.1) is 0 Å². The van der Waals surface area contributed by atoms with E-state index in [1.54, 1.807) is 12.1 Å². The standard InChI is InChI=1S/C48H36N6O3/c1-31-6-2-10-43(49-31)44-11-3-7-36(50-44)28-56-29-37-8-4-12-45(51-37)46-13-5-9-38(52-46)30-57-40-24-18-33(19-25-40)42-27-21-35-15-14-34-20-26-41(53-47(34)48(35)54-42)32-16-22-39(55)23-17-32/h2-27,55H,28-30H2,1H3. The molecule has 0 saturated carbocycles. The molecule has 57 heavy (non-hydrogen) atoms. The maximum atomic E-state index is 9.74. The molecule has 1 N–H and O–H groups in total. The first-order valence-corrected chi connectivity index (χ1v) is 18.6. The van der Waals surface area contributed by atoms with E-state index in [2.05, 4.69) is 29.2 Å². The highest BCUT2D eigenvalue weighted by molar-refractivity contribution is 6.04. The van der Waals surface area contributed by atoms with E-state index in [9.17, 15) is 5.11 Å². The molecule has 0 amide bonds. The van der Waals surface area contributed by atoms with Gasteiger partial charge in [0.15, 0.2) is 0 Å². The number of phenols is 1. The number of aromatic nitrogens is 6. The maximum absolute atomic E-state index is 9.74. The molecule has 0 aliphatic carbocycles. The van der Waals surface area contributed by atoms with Gasteiger partial charge < -0.3 is 14.6 Å². The second kappa shape index (κ2) is 15.8. The highest BCUT2D eigenvalue weighted by Crippen LogP contribution is 2.30. The predicted octanol–water partition coefficient (Wildman–Crippen LogP) is 10.3. The summed E-state index contributed by atoms with van der Waals surface area (Å²) < 4.78 is 12.2. The molecule has 9 aromatic rings. The van der Waals surface area contributed by atoms with Gasteiger partial charge in [-0.05, 0) is 116 Å². The molecule has 0 fully saturated rings. The van der Waals surface area contributed by atoms with Crippen molar-refractivity contribution in [2.24, 2.45) is 0 Å². The fourth-order valence-electron chi connectivity index (χ4n) is 6.65. The summed E-state index contributed by atoms with van der Waals surface area (Å²) in [6.07, 6.45) is 0. The number of rotatable bonds is 11. The van der Waals surface area contributed by atoms with Gasteiger partial charge in [0.2, 0.25) is 0 Å². The highest BCUT2D eigenvalue weighted by atomic mass is 16.5. The van der Waals surface area contributed by atoms with Crippen LogP contribution in [0.1, 0.15) is 22.8 Å². The lowest BCUT2D eigenvalue weighted by atomic mass is 10.1. The monoisotopic (exact) mass is 744 g/mol. The zero-order valence-corrected chi connectivity index (χ0v) is 31.1. The number of fused-ring (bicyclic) bond motifs is 3. The molecule has 0 spiro atoms. The number of benzene rings is 3. The summed E-state index contributed by atoms with van der Waals surface area (Å²) in [5.74, 6) is 0.950. The summed E-state index contributed by atoms with van der Waals surface area (Å²) >= 11 is 0. The molecule has 6 heterocycles. The zero-order valence-electron chi connectivity index (χ0n) is 31.1. The van der Waals surface area contributed by atoms with Crippen LogP contribution in [0.2, 0.25) is 0 Å². The molecule has 3 aromatic carbocycles. The minimum Gasteiger partial charge on any atom is -0.508 e. The number of phenolic OH excluding ortho intramolecular Hbond substituents is 1. The van der Waals surface area contributed by atoms with E-state index in [4.69, 9.17) is 34.4 Å². The second-order valence-corrected chi connectivity index (χ2v) is 13.7. The van der Waals surface area contributed by atoms with Crippen molar-refractivity contribution < 1.29 is 14.6 Å². The summed E-state index contributed by atoms with van der Waals surface area (Å²) in [5.41, 5.74) is 11.8. The summed E-state index contributed by atoms with van der Waals surface area (Å²) in [7, 11) is 0. The fraction of sp³-hybridized carbons (Fsp3) is 0.0833. The van der Waals surface area contributed by atoms with Gasteiger partial charge in [-0.3, -0.25) is 4.98 Å². The Kier molecular flexibility index (Phi) is 9.79. The van der Waals surface area contributed by atoms with Gasteiger partial charge in [0.1, 0.15) is 18.1 Å². The lowest BCUT2D eigenvalue weighted by Crippen LogP contribution is -2.02. The zero-order chi connectivity index (χ0) is 38.6. The Morgan fingerprint density at radius 1 is 0.404 bits per heavy atom. The minimum absolute atomic E-state index is 0.223. The van der Waals surface area contributed by atoms with Crippen molar-refractivity contribution in [3.63, 3.8) is 0 Å². The van der Waals surface area contributed by atoms with E-state index >= 15 is 0 Å². The molecule has 0 atom stereocenters. The molecule has 0 saturated heterocycles. The third-order valence-corrected chi connectivity index (χ3v) is 9.55. The predicted molar refractivity (Wildman–Crippen MR) is 222 cm³/mol. The van der Waals surface area contributed by atoms with E-state index in [0.29, 0.717) is 19.8 Å². The van der Waals surface area contributed by atoms with Crippen molar-refractivity contribution in [2.45, 2.75) is 26.7 Å². The van der Waals surface area contributed by atoms with Gasteiger partial charge in [0.05, 0.1) is 75.5 Å². The van der Waals surface area contributed by atoms with Crippen LogP contribution < -0.4 is 4.74 Å². The van der Waals surface area contributed by atoms with Crippen LogP contribution in [0.15, 0.2) is 158 Å². The number of hydrogen-bond donors (Lipinski definition) is 1. The van der Waals surface area contributed by atoms with E-state index in [1.165, 1.54) is 0 Å². The number of nitrogens with zero attached hydrogens (tertiary/aromatic N) is 6. The van der Waals surface area contributed by atoms with Crippen LogP contribution >= 0.6 is 0 Å². The summed E-state index contributed by atoms with van der Waals surface area (Å²) in [5, 5.41) is 11.8. The van der Waals surface area contributed by atoms with Crippen LogP contribution in [0.5, 0.6) is 11.5 Å². The first kappa shape index (κ1) is 35.3. The van der Waals surface area contributed by atoms with Crippen LogP contribution in [-0.2, 0) is 24.6 Å². The lowest BCUT2D eigenvalue weighted by Gasteiger charge is -2.10. The minimum atomic E-state index is 0.223. The average Bonchev–Trinajstić information content (AvgIpc) is 3.26. The fourth-order valence-corrected chi connectivity index (χ4v) is 6.65. The highest BCUT2D eigenvalue weighted by Gasteiger charge is 2.11. The van der Waals surface area contributed by atoms with E-state index < -0.39 is 0 Å². The Morgan fingerprint density at radius 3 is 1.35 bits per heavy atom. The summed E-state index contributed by atoms with van der Waals surface area (Å²) in [4.78, 5) is 29.1. The summed E-state index contributed by atoms with van der Waals surface area (Å²) in [6, 6.07) is 50.8. The van der Waals surface area contributed by atoms with Gasteiger partial charge in [-0.2, -0.15) is 0 Å². The number of ether oxygens (including phenoxy) is 2. The quantitative estimate of drug-likeness (QED) is 0.129. The molecule has 6 aromatic heterocycles. The normalized spacial score (nSPS) is 11.2. The lowest BCUT2D eigenvalue weighted by molar-refractivity contribution is 0.102. The molecular formula is C48H36N6O3. The van der Waals surface area contributed by atoms with Gasteiger partial charge in [-0.1, -0.05) is 48.5 Å². The van der Waals surface area contributed by atoms with Gasteiger partial charge in [0, 0.05) is 27.6 Å². The molecule has 9 rings (SSSR count). The van der Waals surface area contributed by atoms with Crippen molar-refractivity contribution in [2.75, 3.05) is 0 Å². The Morgan fingerprint density at radius 2 is 0.842 bits per heavy atom. The number of aryl methyl sites for hydroxylation is 1. The molecular weight excluding hydrogens is 709 g/mol. The molecule has 0 bridgehead atoms.